The number of rotatable bonds is 2. The van der Waals surface area contributed by atoms with Gasteiger partial charge >= 0.3 is 20.1 Å². The van der Waals surface area contributed by atoms with Crippen molar-refractivity contribution in [2.45, 2.75) is 0 Å². The average molecular weight is 505 g/mol. The minimum absolute atomic E-state index is 0. The fourth-order valence-electron chi connectivity index (χ4n) is 2.01. The van der Waals surface area contributed by atoms with Gasteiger partial charge in [0.05, 0.1) is 0 Å². The number of pyridine rings is 1. The van der Waals surface area contributed by atoms with Crippen LogP contribution in [-0.2, 0) is 20.1 Å². The van der Waals surface area contributed by atoms with Crippen LogP contribution in [0.4, 0.5) is 0 Å². The summed E-state index contributed by atoms with van der Waals surface area (Å²) in [5.41, 5.74) is 2.98. The zero-order chi connectivity index (χ0) is 15.7. The number of hydrogen-bond acceptors (Lipinski definition) is 2. The van der Waals surface area contributed by atoms with Crippen molar-refractivity contribution in [3.05, 3.63) is 111 Å². The van der Waals surface area contributed by atoms with Gasteiger partial charge in [0.2, 0.25) is 0 Å². The van der Waals surface area contributed by atoms with Crippen molar-refractivity contribution in [1.82, 2.24) is 14.8 Å². The Bertz CT molecular complexity index is 764. The molecule has 4 heteroatoms. The molecule has 25 heavy (non-hydrogen) atoms. The van der Waals surface area contributed by atoms with Crippen LogP contribution in [0.25, 0.3) is 16.9 Å². The molecule has 0 spiro atoms. The van der Waals surface area contributed by atoms with E-state index in [9.17, 15) is 0 Å². The van der Waals surface area contributed by atoms with Gasteiger partial charge in [-0.05, 0) is 23.5 Å². The summed E-state index contributed by atoms with van der Waals surface area (Å²) >= 11 is 0. The van der Waals surface area contributed by atoms with E-state index in [0.29, 0.717) is 0 Å². The predicted molar refractivity (Wildman–Crippen MR) is 97.3 cm³/mol. The second-order valence-corrected chi connectivity index (χ2v) is 4.69. The largest absolute Gasteiger partial charge is 3.00 e. The van der Waals surface area contributed by atoms with Gasteiger partial charge < -0.3 is 12.4 Å². The normalized spacial score (nSPS) is 8.96. The summed E-state index contributed by atoms with van der Waals surface area (Å²) in [5.74, 6) is 0. The molecule has 0 unspecified atom stereocenters. The molecule has 0 aliphatic carbocycles. The monoisotopic (exact) mass is 505 g/mol. The Morgan fingerprint density at radius 2 is 1.52 bits per heavy atom. The summed E-state index contributed by atoms with van der Waals surface area (Å²) in [6, 6.07) is 29.5. The number of hydrogen-bond donors (Lipinski definition) is 0. The maximum atomic E-state index is 4.22. The minimum Gasteiger partial charge on any atom is -0.358 e. The molecule has 3 nitrogen and oxygen atoms in total. The van der Waals surface area contributed by atoms with Crippen LogP contribution in [0.2, 0.25) is 0 Å². The Morgan fingerprint density at radius 1 is 0.760 bits per heavy atom. The van der Waals surface area contributed by atoms with Gasteiger partial charge in [-0.25, -0.2) is 0 Å². The van der Waals surface area contributed by atoms with Crippen molar-refractivity contribution < 1.29 is 20.1 Å². The number of nitrogens with zero attached hydrogens (tertiary/aromatic N) is 3. The fraction of sp³-hybridized carbons (Fsp3) is 0. The third-order valence-electron chi connectivity index (χ3n) is 3.09. The van der Waals surface area contributed by atoms with Gasteiger partial charge in [-0.1, -0.05) is 12.1 Å². The summed E-state index contributed by atoms with van der Waals surface area (Å²) < 4.78 is 1.78. The summed E-state index contributed by atoms with van der Waals surface area (Å²) in [7, 11) is 0. The summed E-state index contributed by atoms with van der Waals surface area (Å²) in [6.07, 6.45) is 5.43. The topological polar surface area (TPSA) is 30.7 Å². The number of benzene rings is 2. The van der Waals surface area contributed by atoms with E-state index in [-0.39, 0.29) is 27.5 Å². The summed E-state index contributed by atoms with van der Waals surface area (Å²) in [4.78, 5) is 4.22. The number of para-hydroxylation sites is 1. The Kier molecular flexibility index (Phi) is 9.08. The second-order valence-electron chi connectivity index (χ2n) is 4.69. The van der Waals surface area contributed by atoms with Gasteiger partial charge in [-0.15, -0.1) is 42.0 Å². The zero-order valence-electron chi connectivity index (χ0n) is 13.8. The molecule has 0 fully saturated rings. The van der Waals surface area contributed by atoms with Crippen LogP contribution in [0.15, 0.2) is 91.4 Å². The van der Waals surface area contributed by atoms with E-state index in [1.54, 1.807) is 17.1 Å². The van der Waals surface area contributed by atoms with Crippen molar-refractivity contribution in [3.63, 3.8) is 0 Å². The number of aromatic nitrogens is 3. The molecule has 0 saturated heterocycles. The van der Waals surface area contributed by atoms with E-state index in [0.717, 1.165) is 16.9 Å². The third-order valence-corrected chi connectivity index (χ3v) is 3.09. The first-order valence-corrected chi connectivity index (χ1v) is 7.28. The molecule has 0 atom stereocenters. The maximum Gasteiger partial charge on any atom is 3.00 e. The molecule has 2 heterocycles. The summed E-state index contributed by atoms with van der Waals surface area (Å²) in [6.45, 7) is 0. The van der Waals surface area contributed by atoms with Crippen molar-refractivity contribution in [1.29, 1.82) is 0 Å². The summed E-state index contributed by atoms with van der Waals surface area (Å²) in [5, 5.41) is 4.07. The Labute approximate surface area is 162 Å². The van der Waals surface area contributed by atoms with E-state index >= 15 is 0 Å². The molecule has 4 rings (SSSR count). The van der Waals surface area contributed by atoms with E-state index < -0.39 is 0 Å². The van der Waals surface area contributed by atoms with Gasteiger partial charge in [0.15, 0.2) is 0 Å². The minimum atomic E-state index is 0. The van der Waals surface area contributed by atoms with Gasteiger partial charge in [0.1, 0.15) is 0 Å². The van der Waals surface area contributed by atoms with Crippen molar-refractivity contribution in [2.75, 3.05) is 0 Å². The Hall–Kier alpha value is -2.55. The van der Waals surface area contributed by atoms with Crippen molar-refractivity contribution in [2.24, 2.45) is 0 Å². The molecule has 2 aromatic carbocycles. The van der Waals surface area contributed by atoms with E-state index in [2.05, 4.69) is 22.2 Å². The molecular weight excluding hydrogens is 486 g/mol. The van der Waals surface area contributed by atoms with Crippen LogP contribution in [0.5, 0.6) is 0 Å². The van der Waals surface area contributed by atoms with Crippen molar-refractivity contribution >= 4 is 0 Å². The third kappa shape index (κ3) is 6.11. The second kappa shape index (κ2) is 11.1. The molecule has 126 valence electrons. The first-order chi connectivity index (χ1) is 11.4. The maximum absolute atomic E-state index is 4.22. The van der Waals surface area contributed by atoms with Gasteiger partial charge in [0, 0.05) is 18.6 Å². The molecular formula is C21H18IrN3. The standard InChI is InChI=1S/C11H8N.C9H7N2.CH3.Ir/c1-2-6-10(7-3-1)11-8-4-5-9-12-11;1-2-5-9(6-3-1)11-8-4-7-10-11;;/h1-6,8-9H;1-5,7-8H;1H3;/q3*-1;+3. The Balaban J connectivity index is 0.000000232. The quantitative estimate of drug-likeness (QED) is 0.372. The van der Waals surface area contributed by atoms with Gasteiger partial charge in [-0.3, -0.25) is 4.68 Å². The molecule has 0 N–H and O–H groups in total. The van der Waals surface area contributed by atoms with E-state index in [4.69, 9.17) is 0 Å². The SMILES string of the molecule is [CH3-].[Ir+3].[c-]1ccccc1-c1ccccn1.[c-]1ccccc1-n1cccn1. The molecule has 0 radical (unpaired) electrons. The van der Waals surface area contributed by atoms with Gasteiger partial charge in [0.25, 0.3) is 0 Å². The molecule has 0 bridgehead atoms. The van der Waals surface area contributed by atoms with Crippen LogP contribution in [-0.4, -0.2) is 14.8 Å². The van der Waals surface area contributed by atoms with Crippen LogP contribution in [0.1, 0.15) is 0 Å². The van der Waals surface area contributed by atoms with E-state index in [1.807, 2.05) is 79.0 Å². The molecule has 0 aliphatic heterocycles. The van der Waals surface area contributed by atoms with Crippen LogP contribution in [0.3, 0.4) is 0 Å². The smallest absolute Gasteiger partial charge is 0.358 e. The average Bonchev–Trinajstić information content (AvgIpc) is 3.19. The molecule has 0 saturated carbocycles. The first kappa shape index (κ1) is 20.5. The molecule has 0 aliphatic rings. The molecule has 2 aromatic heterocycles. The zero-order valence-corrected chi connectivity index (χ0v) is 16.2. The van der Waals surface area contributed by atoms with Crippen molar-refractivity contribution in [3.8, 4) is 16.9 Å². The van der Waals surface area contributed by atoms with Crippen LogP contribution >= 0.6 is 0 Å². The first-order valence-electron chi connectivity index (χ1n) is 7.28. The molecule has 4 aromatic rings. The molecule has 0 amide bonds. The Morgan fingerprint density at radius 3 is 2.08 bits per heavy atom. The van der Waals surface area contributed by atoms with Crippen LogP contribution < -0.4 is 0 Å². The van der Waals surface area contributed by atoms with Gasteiger partial charge in [-0.2, -0.15) is 29.4 Å². The predicted octanol–water partition coefficient (Wildman–Crippen LogP) is 4.67. The van der Waals surface area contributed by atoms with E-state index in [1.165, 1.54) is 0 Å². The van der Waals surface area contributed by atoms with Crippen LogP contribution in [0, 0.1) is 19.6 Å². The fourth-order valence-corrected chi connectivity index (χ4v) is 2.01.